The first-order valence-electron chi connectivity index (χ1n) is 5.99. The van der Waals surface area contributed by atoms with E-state index in [-0.39, 0.29) is 5.91 Å². The van der Waals surface area contributed by atoms with Crippen LogP contribution in [0.15, 0.2) is 48.5 Å². The first kappa shape index (κ1) is 13.4. The lowest BCUT2D eigenvalue weighted by Gasteiger charge is -2.08. The van der Waals surface area contributed by atoms with Crippen LogP contribution in [0.4, 0.5) is 5.69 Å². The third-order valence-electron chi connectivity index (χ3n) is 2.53. The highest BCUT2D eigenvalue weighted by atomic mass is 35.5. The van der Waals surface area contributed by atoms with Gasteiger partial charge in [0.1, 0.15) is 5.75 Å². The Kier molecular flexibility index (Phi) is 4.42. The fourth-order valence-corrected chi connectivity index (χ4v) is 1.87. The Hall–Kier alpha value is -2.00. The number of hydrogen-bond acceptors (Lipinski definition) is 2. The lowest BCUT2D eigenvalue weighted by molar-refractivity contribution is 0.102. The minimum atomic E-state index is -0.198. The normalized spacial score (nSPS) is 10.0. The number of benzene rings is 2. The number of hydrogen-bond donors (Lipinski definition) is 1. The van der Waals surface area contributed by atoms with Crippen molar-refractivity contribution in [3.05, 3.63) is 59.1 Å². The van der Waals surface area contributed by atoms with Crippen molar-refractivity contribution in [3.8, 4) is 5.75 Å². The smallest absolute Gasteiger partial charge is 0.255 e. The predicted octanol–water partition coefficient (Wildman–Crippen LogP) is 3.99. The molecule has 0 atom stereocenters. The summed E-state index contributed by atoms with van der Waals surface area (Å²) in [7, 11) is 0. The minimum absolute atomic E-state index is 0.198. The number of rotatable bonds is 4. The molecule has 0 aromatic heterocycles. The second-order valence-electron chi connectivity index (χ2n) is 3.90. The molecule has 0 aliphatic carbocycles. The zero-order valence-electron chi connectivity index (χ0n) is 10.5. The van der Waals surface area contributed by atoms with E-state index in [1.165, 1.54) is 0 Å². The highest BCUT2D eigenvalue weighted by Crippen LogP contribution is 2.25. The predicted molar refractivity (Wildman–Crippen MR) is 77.0 cm³/mol. The fourth-order valence-electron chi connectivity index (χ4n) is 1.64. The Morgan fingerprint density at radius 3 is 2.58 bits per heavy atom. The number of carbonyl (C=O) groups is 1. The second kappa shape index (κ2) is 6.25. The maximum Gasteiger partial charge on any atom is 0.255 e. The van der Waals surface area contributed by atoms with Gasteiger partial charge < -0.3 is 10.1 Å². The molecular weight excluding hydrogens is 262 g/mol. The van der Waals surface area contributed by atoms with E-state index in [9.17, 15) is 4.79 Å². The lowest BCUT2D eigenvalue weighted by atomic mass is 10.2. The Morgan fingerprint density at radius 2 is 1.95 bits per heavy atom. The minimum Gasteiger partial charge on any atom is -0.492 e. The molecule has 19 heavy (non-hydrogen) atoms. The topological polar surface area (TPSA) is 38.3 Å². The Morgan fingerprint density at radius 1 is 1.21 bits per heavy atom. The quantitative estimate of drug-likeness (QED) is 0.916. The van der Waals surface area contributed by atoms with Crippen LogP contribution in [0.1, 0.15) is 17.3 Å². The number of ether oxygens (including phenoxy) is 1. The van der Waals surface area contributed by atoms with Crippen LogP contribution in [0.5, 0.6) is 5.75 Å². The van der Waals surface area contributed by atoms with Gasteiger partial charge in [0.05, 0.1) is 11.6 Å². The molecule has 2 rings (SSSR count). The van der Waals surface area contributed by atoms with Gasteiger partial charge in [0.15, 0.2) is 0 Å². The van der Waals surface area contributed by atoms with E-state index < -0.39 is 0 Å². The van der Waals surface area contributed by atoms with Crippen molar-refractivity contribution in [2.24, 2.45) is 0 Å². The molecule has 0 spiro atoms. The van der Waals surface area contributed by atoms with E-state index in [4.69, 9.17) is 16.3 Å². The SMILES string of the molecule is CCOc1ccc(C(=O)Nc2ccccc2)cc1Cl. The van der Waals surface area contributed by atoms with Crippen LogP contribution < -0.4 is 10.1 Å². The van der Waals surface area contributed by atoms with Gasteiger partial charge in [-0.15, -0.1) is 0 Å². The number of amides is 1. The number of nitrogens with one attached hydrogen (secondary N) is 1. The van der Waals surface area contributed by atoms with Crippen LogP contribution in [0.25, 0.3) is 0 Å². The van der Waals surface area contributed by atoms with E-state index in [2.05, 4.69) is 5.32 Å². The van der Waals surface area contributed by atoms with Crippen LogP contribution in [0.3, 0.4) is 0 Å². The summed E-state index contributed by atoms with van der Waals surface area (Å²) in [6, 6.07) is 14.3. The highest BCUT2D eigenvalue weighted by molar-refractivity contribution is 6.32. The molecule has 1 N–H and O–H groups in total. The molecule has 3 nitrogen and oxygen atoms in total. The van der Waals surface area contributed by atoms with Gasteiger partial charge in [-0.25, -0.2) is 0 Å². The zero-order chi connectivity index (χ0) is 13.7. The van der Waals surface area contributed by atoms with Gasteiger partial charge in [0.25, 0.3) is 5.91 Å². The van der Waals surface area contributed by atoms with Crippen molar-refractivity contribution >= 4 is 23.2 Å². The highest BCUT2D eigenvalue weighted by Gasteiger charge is 2.09. The van der Waals surface area contributed by atoms with Crippen LogP contribution in [-0.2, 0) is 0 Å². The standard InChI is InChI=1S/C15H14ClNO2/c1-2-19-14-9-8-11(10-13(14)16)15(18)17-12-6-4-3-5-7-12/h3-10H,2H2,1H3,(H,17,18). The van der Waals surface area contributed by atoms with Gasteiger partial charge >= 0.3 is 0 Å². The van der Waals surface area contributed by atoms with Crippen LogP contribution in [-0.4, -0.2) is 12.5 Å². The largest absolute Gasteiger partial charge is 0.492 e. The van der Waals surface area contributed by atoms with Crippen LogP contribution in [0, 0.1) is 0 Å². The molecule has 1 amide bonds. The molecule has 4 heteroatoms. The third kappa shape index (κ3) is 3.48. The maximum absolute atomic E-state index is 12.0. The monoisotopic (exact) mass is 275 g/mol. The van der Waals surface area contributed by atoms with Crippen molar-refractivity contribution in [2.75, 3.05) is 11.9 Å². The van der Waals surface area contributed by atoms with Crippen LogP contribution in [0.2, 0.25) is 5.02 Å². The van der Waals surface area contributed by atoms with E-state index in [1.54, 1.807) is 18.2 Å². The Bertz CT molecular complexity index is 570. The van der Waals surface area contributed by atoms with Crippen molar-refractivity contribution in [1.29, 1.82) is 0 Å². The number of carbonyl (C=O) groups excluding carboxylic acids is 1. The van der Waals surface area contributed by atoms with Gasteiger partial charge in [-0.1, -0.05) is 29.8 Å². The maximum atomic E-state index is 12.0. The third-order valence-corrected chi connectivity index (χ3v) is 2.82. The van der Waals surface area contributed by atoms with Crippen LogP contribution >= 0.6 is 11.6 Å². The molecule has 2 aromatic carbocycles. The average Bonchev–Trinajstić information content (AvgIpc) is 2.42. The molecule has 98 valence electrons. The molecule has 0 aliphatic rings. The average molecular weight is 276 g/mol. The molecule has 0 saturated carbocycles. The van der Waals surface area contributed by atoms with E-state index in [0.29, 0.717) is 22.9 Å². The lowest BCUT2D eigenvalue weighted by Crippen LogP contribution is -2.11. The summed E-state index contributed by atoms with van der Waals surface area (Å²) in [5, 5.41) is 3.23. The molecule has 0 radical (unpaired) electrons. The number of para-hydroxylation sites is 1. The summed E-state index contributed by atoms with van der Waals surface area (Å²) in [6.45, 7) is 2.42. The molecule has 2 aromatic rings. The number of halogens is 1. The van der Waals surface area contributed by atoms with Crippen molar-refractivity contribution in [1.82, 2.24) is 0 Å². The van der Waals surface area contributed by atoms with Gasteiger partial charge in [0, 0.05) is 11.3 Å². The molecule has 0 fully saturated rings. The molecule has 0 unspecified atom stereocenters. The van der Waals surface area contributed by atoms with Gasteiger partial charge in [-0.3, -0.25) is 4.79 Å². The first-order valence-corrected chi connectivity index (χ1v) is 6.37. The first-order chi connectivity index (χ1) is 9.20. The Labute approximate surface area is 117 Å². The van der Waals surface area contributed by atoms with Gasteiger partial charge in [-0.05, 0) is 37.3 Å². The second-order valence-corrected chi connectivity index (χ2v) is 4.31. The van der Waals surface area contributed by atoms with Crippen molar-refractivity contribution < 1.29 is 9.53 Å². The number of anilines is 1. The molecule has 0 saturated heterocycles. The Balaban J connectivity index is 2.14. The van der Waals surface area contributed by atoms with Crippen molar-refractivity contribution in [2.45, 2.75) is 6.92 Å². The molecular formula is C15H14ClNO2. The van der Waals surface area contributed by atoms with Gasteiger partial charge in [-0.2, -0.15) is 0 Å². The van der Waals surface area contributed by atoms with E-state index in [0.717, 1.165) is 5.69 Å². The van der Waals surface area contributed by atoms with E-state index in [1.807, 2.05) is 37.3 Å². The van der Waals surface area contributed by atoms with E-state index >= 15 is 0 Å². The summed E-state index contributed by atoms with van der Waals surface area (Å²) in [5.41, 5.74) is 1.25. The molecule has 0 bridgehead atoms. The summed E-state index contributed by atoms with van der Waals surface area (Å²) >= 11 is 6.05. The fraction of sp³-hybridized carbons (Fsp3) is 0.133. The zero-order valence-corrected chi connectivity index (χ0v) is 11.3. The summed E-state index contributed by atoms with van der Waals surface area (Å²) in [4.78, 5) is 12.0. The molecule has 0 heterocycles. The summed E-state index contributed by atoms with van der Waals surface area (Å²) in [5.74, 6) is 0.386. The summed E-state index contributed by atoms with van der Waals surface area (Å²) < 4.78 is 5.33. The van der Waals surface area contributed by atoms with Crippen molar-refractivity contribution in [3.63, 3.8) is 0 Å². The van der Waals surface area contributed by atoms with Gasteiger partial charge in [0.2, 0.25) is 0 Å². The molecule has 0 aliphatic heterocycles. The summed E-state index contributed by atoms with van der Waals surface area (Å²) in [6.07, 6.45) is 0.